The summed E-state index contributed by atoms with van der Waals surface area (Å²) in [6.45, 7) is 11.6. The fraction of sp³-hybridized carbons (Fsp3) is 0.556. The highest BCUT2D eigenvalue weighted by Crippen LogP contribution is 2.31. The number of carbonyl (C=O) groups is 2. The van der Waals surface area contributed by atoms with E-state index in [1.54, 1.807) is 65.5 Å². The number of nitrogens with one attached hydrogen (secondary N) is 1. The zero-order chi connectivity index (χ0) is 30.1. The molecule has 1 aliphatic heterocycles. The Labute approximate surface area is 234 Å². The highest BCUT2D eigenvalue weighted by Gasteiger charge is 2.42. The van der Waals surface area contributed by atoms with Crippen LogP contribution in [-0.2, 0) is 14.8 Å². The molecule has 0 spiro atoms. The second-order valence-corrected chi connectivity index (χ2v) is 13.5. The maximum atomic E-state index is 14.0. The van der Waals surface area contributed by atoms with Crippen molar-refractivity contribution in [3.8, 4) is 0 Å². The summed E-state index contributed by atoms with van der Waals surface area (Å²) in [4.78, 5) is 36.3. The number of alkyl halides is 2. The molecule has 0 bridgehead atoms. The first-order chi connectivity index (χ1) is 18.3. The monoisotopic (exact) mass is 581 g/mol. The van der Waals surface area contributed by atoms with Crippen LogP contribution in [0, 0.1) is 6.92 Å². The first-order valence-electron chi connectivity index (χ1n) is 13.0. The molecule has 13 heteroatoms. The lowest BCUT2D eigenvalue weighted by Gasteiger charge is -2.35. The van der Waals surface area contributed by atoms with Crippen LogP contribution >= 0.6 is 0 Å². The van der Waals surface area contributed by atoms with Gasteiger partial charge in [0, 0.05) is 49.6 Å². The lowest BCUT2D eigenvalue weighted by Crippen LogP contribution is -2.51. The summed E-state index contributed by atoms with van der Waals surface area (Å²) in [6, 6.07) is 5.73. The van der Waals surface area contributed by atoms with E-state index < -0.39 is 44.1 Å². The minimum atomic E-state index is -4.49. The van der Waals surface area contributed by atoms with Crippen molar-refractivity contribution in [1.82, 2.24) is 14.3 Å². The Morgan fingerprint density at radius 1 is 1.07 bits per heavy atom. The van der Waals surface area contributed by atoms with Crippen LogP contribution in [0.2, 0.25) is 0 Å². The van der Waals surface area contributed by atoms with Crippen LogP contribution < -0.4 is 10.2 Å². The zero-order valence-corrected chi connectivity index (χ0v) is 24.7. The number of carbonyl (C=O) groups excluding carboxylic acids is 2. The highest BCUT2D eigenvalue weighted by molar-refractivity contribution is 7.89. The number of hydrogen-bond donors (Lipinski definition) is 1. The molecule has 2 amide bonds. The molecule has 0 unspecified atom stereocenters. The molecule has 10 nitrogen and oxygen atoms in total. The number of halogens is 2. The smallest absolute Gasteiger partial charge is 0.424 e. The average molecular weight is 582 g/mol. The van der Waals surface area contributed by atoms with Crippen LogP contribution in [0.15, 0.2) is 35.5 Å². The number of aromatic nitrogens is 2. The molecule has 1 aliphatic rings. The molecule has 3 heterocycles. The van der Waals surface area contributed by atoms with Crippen molar-refractivity contribution in [2.75, 3.05) is 23.3 Å². The third-order valence-electron chi connectivity index (χ3n) is 5.94. The van der Waals surface area contributed by atoms with Gasteiger partial charge >= 0.3 is 6.09 Å². The standard InChI is InChI=1S/C27H37F2N5O5S/c1-18-9-10-20(22(31-18)33-15-8-12-27(28,29)13-16-33)23(35)32-19-11-14-30-21(17-19)40(37,38)34(25(2,3)4)24(36)39-26(5,6)7/h9-11,14,17H,8,12-13,15-16H2,1-7H3,(H,30,32,35). The summed E-state index contributed by atoms with van der Waals surface area (Å²) >= 11 is 0. The topological polar surface area (TPSA) is 122 Å². The van der Waals surface area contributed by atoms with E-state index >= 15 is 0 Å². The number of hydrogen-bond acceptors (Lipinski definition) is 8. The van der Waals surface area contributed by atoms with E-state index in [1.165, 1.54) is 12.3 Å². The molecule has 0 radical (unpaired) electrons. The molecule has 220 valence electrons. The van der Waals surface area contributed by atoms with Crippen molar-refractivity contribution >= 4 is 33.5 Å². The maximum absolute atomic E-state index is 14.0. The predicted molar refractivity (Wildman–Crippen MR) is 147 cm³/mol. The Morgan fingerprint density at radius 2 is 1.75 bits per heavy atom. The van der Waals surface area contributed by atoms with Gasteiger partial charge in [-0.05, 0) is 73.1 Å². The Morgan fingerprint density at radius 3 is 2.38 bits per heavy atom. The van der Waals surface area contributed by atoms with Crippen molar-refractivity contribution in [2.24, 2.45) is 0 Å². The van der Waals surface area contributed by atoms with Crippen molar-refractivity contribution in [3.05, 3.63) is 41.7 Å². The van der Waals surface area contributed by atoms with E-state index in [2.05, 4.69) is 15.3 Å². The van der Waals surface area contributed by atoms with E-state index in [1.807, 2.05) is 0 Å². The van der Waals surface area contributed by atoms with Gasteiger partial charge in [-0.2, -0.15) is 12.7 Å². The number of pyridine rings is 2. The number of aryl methyl sites for hydroxylation is 1. The van der Waals surface area contributed by atoms with Gasteiger partial charge in [0.2, 0.25) is 5.92 Å². The maximum Gasteiger partial charge on any atom is 0.424 e. The van der Waals surface area contributed by atoms with Gasteiger partial charge in [0.25, 0.3) is 15.9 Å². The van der Waals surface area contributed by atoms with Gasteiger partial charge in [-0.1, -0.05) is 0 Å². The lowest BCUT2D eigenvalue weighted by molar-refractivity contribution is -0.0102. The van der Waals surface area contributed by atoms with Gasteiger partial charge in [-0.25, -0.2) is 23.5 Å². The van der Waals surface area contributed by atoms with Crippen LogP contribution in [0.5, 0.6) is 0 Å². The normalized spacial score (nSPS) is 16.2. The van der Waals surface area contributed by atoms with Gasteiger partial charge < -0.3 is 15.0 Å². The Bertz CT molecular complexity index is 1370. The molecule has 1 N–H and O–H groups in total. The largest absolute Gasteiger partial charge is 0.443 e. The molecule has 2 aromatic rings. The van der Waals surface area contributed by atoms with Gasteiger partial charge in [0.15, 0.2) is 5.03 Å². The highest BCUT2D eigenvalue weighted by atomic mass is 32.2. The van der Waals surface area contributed by atoms with Crippen LogP contribution in [0.4, 0.5) is 25.1 Å². The van der Waals surface area contributed by atoms with Gasteiger partial charge in [-0.15, -0.1) is 0 Å². The number of ether oxygens (including phenoxy) is 1. The van der Waals surface area contributed by atoms with Gasteiger partial charge in [-0.3, -0.25) is 4.79 Å². The Balaban J connectivity index is 1.92. The molecule has 40 heavy (non-hydrogen) atoms. The number of amides is 2. The van der Waals surface area contributed by atoms with Crippen LogP contribution in [0.3, 0.4) is 0 Å². The molecule has 3 rings (SSSR count). The fourth-order valence-electron chi connectivity index (χ4n) is 4.19. The van der Waals surface area contributed by atoms with Crippen molar-refractivity contribution in [2.45, 2.75) is 89.8 Å². The summed E-state index contributed by atoms with van der Waals surface area (Å²) in [5.74, 6) is -3.10. The van der Waals surface area contributed by atoms with Crippen LogP contribution in [-0.4, -0.2) is 64.8 Å². The van der Waals surface area contributed by atoms with E-state index in [9.17, 15) is 26.8 Å². The summed E-state index contributed by atoms with van der Waals surface area (Å²) in [5, 5.41) is 2.18. The molecular formula is C27H37F2N5O5S. The first-order valence-corrected chi connectivity index (χ1v) is 14.4. The van der Waals surface area contributed by atoms with Crippen LogP contribution in [0.1, 0.15) is 76.9 Å². The second-order valence-electron chi connectivity index (χ2n) is 11.8. The van der Waals surface area contributed by atoms with Crippen molar-refractivity contribution in [1.29, 1.82) is 0 Å². The molecule has 0 aliphatic carbocycles. The Hall–Kier alpha value is -3.35. The van der Waals surface area contributed by atoms with Crippen molar-refractivity contribution < 1.29 is 31.5 Å². The molecule has 1 fully saturated rings. The van der Waals surface area contributed by atoms with E-state index in [4.69, 9.17) is 4.74 Å². The number of nitrogens with zero attached hydrogens (tertiary/aromatic N) is 4. The molecule has 0 atom stereocenters. The predicted octanol–water partition coefficient (Wildman–Crippen LogP) is 5.39. The minimum absolute atomic E-state index is 0.0364. The number of rotatable bonds is 5. The van der Waals surface area contributed by atoms with E-state index in [0.717, 1.165) is 6.07 Å². The molecule has 2 aromatic heterocycles. The van der Waals surface area contributed by atoms with E-state index in [-0.39, 0.29) is 42.9 Å². The zero-order valence-electron chi connectivity index (χ0n) is 23.9. The molecule has 0 aromatic carbocycles. The Kier molecular flexibility index (Phi) is 8.78. The summed E-state index contributed by atoms with van der Waals surface area (Å²) in [6.07, 6.45) is -0.201. The molecule has 0 saturated carbocycles. The summed E-state index contributed by atoms with van der Waals surface area (Å²) < 4.78 is 61.0. The van der Waals surface area contributed by atoms with E-state index in [0.29, 0.717) is 16.5 Å². The minimum Gasteiger partial charge on any atom is -0.443 e. The lowest BCUT2D eigenvalue weighted by atomic mass is 10.1. The number of anilines is 2. The van der Waals surface area contributed by atoms with Crippen molar-refractivity contribution in [3.63, 3.8) is 0 Å². The second kappa shape index (κ2) is 11.3. The van der Waals surface area contributed by atoms with Gasteiger partial charge in [0.1, 0.15) is 11.4 Å². The third-order valence-corrected chi connectivity index (χ3v) is 7.87. The molecular weight excluding hydrogens is 544 g/mol. The third kappa shape index (κ3) is 7.64. The average Bonchev–Trinajstić information content (AvgIpc) is 2.97. The quantitative estimate of drug-likeness (QED) is 0.499. The number of sulfonamides is 1. The first kappa shape index (κ1) is 31.2. The SMILES string of the molecule is Cc1ccc(C(=O)Nc2ccnc(S(=O)(=O)N(C(=O)OC(C)(C)C)C(C)(C)C)c2)c(N2CCCC(F)(F)CC2)n1. The fourth-order valence-corrected chi connectivity index (χ4v) is 5.80. The molecule has 1 saturated heterocycles. The summed E-state index contributed by atoms with van der Waals surface area (Å²) in [7, 11) is -4.49. The summed E-state index contributed by atoms with van der Waals surface area (Å²) in [5.41, 5.74) is -1.26. The van der Waals surface area contributed by atoms with Gasteiger partial charge in [0.05, 0.1) is 11.1 Å². The van der Waals surface area contributed by atoms with Crippen LogP contribution in [0.25, 0.3) is 0 Å².